The van der Waals surface area contributed by atoms with Crippen LogP contribution in [0.1, 0.15) is 79.0 Å². The van der Waals surface area contributed by atoms with Crippen molar-refractivity contribution in [2.45, 2.75) is 78.6 Å². The van der Waals surface area contributed by atoms with E-state index in [1.54, 1.807) is 0 Å². The minimum atomic E-state index is 0.0431. The quantitative estimate of drug-likeness (QED) is 0.111. The molecule has 108 heavy (non-hydrogen) atoms. The van der Waals surface area contributed by atoms with E-state index in [0.29, 0.717) is 52.4 Å². The molecule has 526 valence electrons. The Kier molecular flexibility index (Phi) is 21.4. The van der Waals surface area contributed by atoms with Crippen LogP contribution in [-0.4, -0.2) is 44.9 Å². The lowest BCUT2D eigenvalue weighted by atomic mass is 9.86. The summed E-state index contributed by atoms with van der Waals surface area (Å²) < 4.78 is 0. The zero-order valence-corrected chi connectivity index (χ0v) is 62.5. The Morgan fingerprint density at radius 2 is 0.278 bits per heavy atom. The topological polar surface area (TPSA) is 116 Å². The number of hydrogen-bond acceptors (Lipinski definition) is 9. The molecule has 0 saturated heterocycles. The number of rotatable bonds is 13. The lowest BCUT2D eigenvalue weighted by Crippen LogP contribution is -2.11. The van der Waals surface area contributed by atoms with Crippen LogP contribution in [0, 0.1) is 0 Å². The maximum absolute atomic E-state index is 4.94. The molecule has 16 rings (SSSR count). The zero-order valence-electron chi connectivity index (χ0n) is 62.5. The molecule has 13 aromatic carbocycles. The summed E-state index contributed by atoms with van der Waals surface area (Å²) in [7, 11) is 0. The van der Waals surface area contributed by atoms with E-state index in [1.807, 2.05) is 84.9 Å². The molecule has 0 aliphatic heterocycles. The molecule has 0 saturated carbocycles. The minimum absolute atomic E-state index is 0.0431. The van der Waals surface area contributed by atoms with Gasteiger partial charge in [-0.25, -0.2) is 44.9 Å². The van der Waals surface area contributed by atoms with Crippen molar-refractivity contribution in [3.63, 3.8) is 0 Å². The predicted octanol–water partition coefficient (Wildman–Crippen LogP) is 25.2. The zero-order chi connectivity index (χ0) is 74.6. The first-order valence-electron chi connectivity index (χ1n) is 36.7. The number of hydrogen-bond donors (Lipinski definition) is 0. The van der Waals surface area contributed by atoms with Crippen molar-refractivity contribution in [3.05, 3.63) is 369 Å². The Morgan fingerprint density at radius 3 is 0.481 bits per heavy atom. The summed E-state index contributed by atoms with van der Waals surface area (Å²) in [5, 5.41) is 0. The highest BCUT2D eigenvalue weighted by Gasteiger charge is 2.21. The first-order valence-corrected chi connectivity index (χ1v) is 36.7. The van der Waals surface area contributed by atoms with E-state index in [9.17, 15) is 0 Å². The second-order valence-corrected chi connectivity index (χ2v) is 29.9. The summed E-state index contributed by atoms with van der Waals surface area (Å²) in [4.78, 5) is 44.0. The molecule has 0 amide bonds. The van der Waals surface area contributed by atoms with Crippen molar-refractivity contribution < 1.29 is 0 Å². The number of benzene rings is 13. The van der Waals surface area contributed by atoms with Crippen LogP contribution in [0.25, 0.3) is 147 Å². The fourth-order valence-electron chi connectivity index (χ4n) is 12.6. The molecule has 0 bridgehead atoms. The third-order valence-electron chi connectivity index (χ3n) is 19.0. The van der Waals surface area contributed by atoms with Gasteiger partial charge in [0.05, 0.1) is 0 Å². The van der Waals surface area contributed by atoms with Crippen LogP contribution < -0.4 is 0 Å². The van der Waals surface area contributed by atoms with E-state index < -0.39 is 0 Å². The number of nitrogens with zero attached hydrogens (tertiary/aromatic N) is 9. The molecule has 3 aromatic heterocycles. The molecule has 0 fully saturated rings. The third kappa shape index (κ3) is 17.6. The van der Waals surface area contributed by atoms with Gasteiger partial charge in [-0.2, -0.15) is 0 Å². The summed E-state index contributed by atoms with van der Waals surface area (Å²) in [5.41, 5.74) is 22.2. The Balaban J connectivity index is 0.000000136. The van der Waals surface area contributed by atoms with Gasteiger partial charge in [0.2, 0.25) is 0 Å². The lowest BCUT2D eigenvalue weighted by Gasteiger charge is -2.19. The van der Waals surface area contributed by atoms with Crippen LogP contribution in [-0.2, 0) is 16.2 Å². The van der Waals surface area contributed by atoms with E-state index in [2.05, 4.69) is 329 Å². The normalized spacial score (nSPS) is 11.4. The van der Waals surface area contributed by atoms with Gasteiger partial charge in [-0.1, -0.05) is 408 Å². The van der Waals surface area contributed by atoms with Crippen LogP contribution in [0.4, 0.5) is 0 Å². The molecule has 16 aromatic rings. The third-order valence-corrected chi connectivity index (χ3v) is 19.0. The average Bonchev–Trinajstić information content (AvgIpc) is 0.801. The van der Waals surface area contributed by atoms with Crippen LogP contribution in [0.2, 0.25) is 0 Å². The standard InChI is InChI=1S/C37H31N3.2C31H27N3/c1-37(2,3)33-24-22-32(23-25-33)36-39-34(30-18-14-28(15-19-30)26-10-6-4-7-11-26)38-35(40-36)31-20-16-29(17-21-31)27-12-8-5-9-13-27;1-31(2,3)27-16-10-15-26(21-27)30-33-28(24-13-8-5-9-14-24)32-29(34-30)25-19-17-23(18-20-25)22-11-6-4-7-12-22;1-31(2,3)27-20-18-26(19-21-27)30-33-28(24-12-8-5-9-13-24)32-29(34-30)25-16-14-23(15-17-25)22-10-6-4-7-11-22/h4-25H,1-3H3;2*4-21H,1-3H3. The van der Waals surface area contributed by atoms with Crippen LogP contribution in [0.15, 0.2) is 352 Å². The Bertz CT molecular complexity index is 5530. The van der Waals surface area contributed by atoms with Crippen molar-refractivity contribution in [1.82, 2.24) is 44.9 Å². The molecule has 0 atom stereocenters. The van der Waals surface area contributed by atoms with Crippen LogP contribution >= 0.6 is 0 Å². The van der Waals surface area contributed by atoms with Crippen molar-refractivity contribution in [2.24, 2.45) is 0 Å². The molecule has 0 spiro atoms. The van der Waals surface area contributed by atoms with Crippen molar-refractivity contribution in [2.75, 3.05) is 0 Å². The fourth-order valence-corrected chi connectivity index (χ4v) is 12.6. The van der Waals surface area contributed by atoms with Crippen molar-refractivity contribution in [1.29, 1.82) is 0 Å². The van der Waals surface area contributed by atoms with Crippen molar-refractivity contribution in [3.8, 4) is 147 Å². The molecule has 9 heteroatoms. The molecule has 9 nitrogen and oxygen atoms in total. The van der Waals surface area contributed by atoms with Gasteiger partial charge in [-0.15, -0.1) is 0 Å². The summed E-state index contributed by atoms with van der Waals surface area (Å²) in [6.07, 6.45) is 0. The predicted molar refractivity (Wildman–Crippen MR) is 446 cm³/mol. The van der Waals surface area contributed by atoms with Crippen molar-refractivity contribution >= 4 is 0 Å². The molecule has 3 heterocycles. The first-order chi connectivity index (χ1) is 52.4. The highest BCUT2D eigenvalue weighted by molar-refractivity contribution is 5.76. The van der Waals surface area contributed by atoms with Gasteiger partial charge in [0.15, 0.2) is 52.4 Å². The van der Waals surface area contributed by atoms with Crippen LogP contribution in [0.3, 0.4) is 0 Å². The van der Waals surface area contributed by atoms with Gasteiger partial charge in [0.25, 0.3) is 0 Å². The van der Waals surface area contributed by atoms with Gasteiger partial charge in [0.1, 0.15) is 0 Å². The van der Waals surface area contributed by atoms with Gasteiger partial charge >= 0.3 is 0 Å². The molecule has 0 aliphatic carbocycles. The molecule has 0 radical (unpaired) electrons. The van der Waals surface area contributed by atoms with E-state index in [0.717, 1.165) is 61.2 Å². The molecular weight excluding hydrogens is 1320 g/mol. The smallest absolute Gasteiger partial charge is 0.164 e. The summed E-state index contributed by atoms with van der Waals surface area (Å²) in [6, 6.07) is 121. The number of aromatic nitrogens is 9. The molecule has 0 N–H and O–H groups in total. The van der Waals surface area contributed by atoms with Gasteiger partial charge in [-0.05, 0) is 83.5 Å². The maximum atomic E-state index is 4.94. The summed E-state index contributed by atoms with van der Waals surface area (Å²) in [6.45, 7) is 20.0. The second kappa shape index (κ2) is 32.1. The monoisotopic (exact) mass is 1400 g/mol. The molecule has 0 unspecified atom stereocenters. The SMILES string of the molecule is CC(C)(C)c1ccc(-c2nc(-c3ccc(-c4ccccc4)cc3)nc(-c3ccc(-c4ccccc4)cc3)n2)cc1.CC(C)(C)c1ccc(-c2nc(-c3ccccc3)nc(-c3ccc(-c4ccccc4)cc3)n2)cc1.CC(C)(C)c1cccc(-c2nc(-c3ccccc3)nc(-c3ccc(-c4ccccc4)cc3)n2)c1. The summed E-state index contributed by atoms with van der Waals surface area (Å²) in [5.74, 6) is 6.03. The minimum Gasteiger partial charge on any atom is -0.208 e. The first kappa shape index (κ1) is 71.9. The van der Waals surface area contributed by atoms with E-state index >= 15 is 0 Å². The lowest BCUT2D eigenvalue weighted by molar-refractivity contribution is 0.590. The van der Waals surface area contributed by atoms with Gasteiger partial charge in [-0.3, -0.25) is 0 Å². The molecule has 0 aliphatic rings. The largest absolute Gasteiger partial charge is 0.208 e. The second-order valence-electron chi connectivity index (χ2n) is 29.9. The van der Waals surface area contributed by atoms with Gasteiger partial charge in [0, 0.05) is 50.1 Å². The Hall–Kier alpha value is -13.1. The van der Waals surface area contributed by atoms with Crippen LogP contribution in [0.5, 0.6) is 0 Å². The fraction of sp³-hybridized carbons (Fsp3) is 0.121. The van der Waals surface area contributed by atoms with Gasteiger partial charge < -0.3 is 0 Å². The highest BCUT2D eigenvalue weighted by atomic mass is 15.1. The summed E-state index contributed by atoms with van der Waals surface area (Å²) >= 11 is 0. The Labute approximate surface area is 635 Å². The Morgan fingerprint density at radius 1 is 0.130 bits per heavy atom. The highest BCUT2D eigenvalue weighted by Crippen LogP contribution is 2.35. The van der Waals surface area contributed by atoms with E-state index in [1.165, 1.54) is 50.1 Å². The van der Waals surface area contributed by atoms with E-state index in [4.69, 9.17) is 44.9 Å². The van der Waals surface area contributed by atoms with E-state index in [-0.39, 0.29) is 16.2 Å². The average molecular weight is 1400 g/mol. The maximum Gasteiger partial charge on any atom is 0.164 e. The molecular formula is C99H85N9.